The fraction of sp³-hybridized carbons (Fsp3) is 0.421. The molecule has 1 aromatic carbocycles. The molecule has 0 amide bonds. The number of alkyl halides is 6. The number of aryl methyl sites for hydroxylation is 2. The molecule has 11 heteroatoms. The summed E-state index contributed by atoms with van der Waals surface area (Å²) < 4.78 is 81.4. The first-order valence-electron chi connectivity index (χ1n) is 8.77. The van der Waals surface area contributed by atoms with Gasteiger partial charge in [-0.05, 0) is 42.7 Å². The van der Waals surface area contributed by atoms with E-state index in [1.165, 1.54) is 13.0 Å². The Kier molecular flexibility index (Phi) is 5.20. The molecule has 3 rings (SSSR count). The number of Topliss-reactive ketones (excluding diaryl/α,β-unsaturated/α-hetero) is 1. The Balaban J connectivity index is 1.99. The highest BCUT2D eigenvalue weighted by molar-refractivity contribution is 6.02. The Hall–Kier alpha value is -2.85. The van der Waals surface area contributed by atoms with Crippen LogP contribution in [-0.2, 0) is 34.9 Å². The second kappa shape index (κ2) is 7.13. The van der Waals surface area contributed by atoms with Gasteiger partial charge in [0.05, 0.1) is 17.8 Å². The molecule has 0 aliphatic carbocycles. The number of hydrogen-bond donors (Lipinski definition) is 0. The minimum atomic E-state index is -5.06. The summed E-state index contributed by atoms with van der Waals surface area (Å²) in [6, 6.07) is 5.00. The first-order chi connectivity index (χ1) is 13.7. The van der Waals surface area contributed by atoms with Crippen LogP contribution in [0.3, 0.4) is 0 Å². The molecule has 0 saturated heterocycles. The zero-order chi connectivity index (χ0) is 22.5. The molecular formula is C19H17F6N3O2. The van der Waals surface area contributed by atoms with Crippen molar-refractivity contribution in [2.75, 3.05) is 0 Å². The predicted octanol–water partition coefficient (Wildman–Crippen LogP) is 4.46. The van der Waals surface area contributed by atoms with Crippen LogP contribution in [0, 0.1) is 6.92 Å². The Labute approximate surface area is 167 Å². The molecular weight excluding hydrogens is 416 g/mol. The summed E-state index contributed by atoms with van der Waals surface area (Å²) >= 11 is 0. The Bertz CT molecular complexity index is 1020. The maximum atomic E-state index is 14.0. The molecule has 1 aromatic heterocycles. The van der Waals surface area contributed by atoms with Gasteiger partial charge in [-0.15, -0.1) is 0 Å². The second-order valence-electron chi connectivity index (χ2n) is 7.19. The lowest BCUT2D eigenvalue weighted by Gasteiger charge is -2.28. The molecule has 0 bridgehead atoms. The van der Waals surface area contributed by atoms with Gasteiger partial charge in [0.25, 0.3) is 5.60 Å². The van der Waals surface area contributed by atoms with Crippen molar-refractivity contribution in [2.24, 2.45) is 12.2 Å². The van der Waals surface area contributed by atoms with E-state index in [9.17, 15) is 31.1 Å². The molecule has 162 valence electrons. The van der Waals surface area contributed by atoms with E-state index in [2.05, 4.69) is 10.3 Å². The summed E-state index contributed by atoms with van der Waals surface area (Å²) in [5.74, 6) is -0.0693. The highest BCUT2D eigenvalue weighted by Crippen LogP contribution is 2.49. The van der Waals surface area contributed by atoms with Crippen LogP contribution < -0.4 is 0 Å². The van der Waals surface area contributed by atoms with Gasteiger partial charge in [-0.1, -0.05) is 17.3 Å². The summed E-state index contributed by atoms with van der Waals surface area (Å²) in [4.78, 5) is 16.1. The number of ketones is 1. The van der Waals surface area contributed by atoms with Crippen molar-refractivity contribution in [3.63, 3.8) is 0 Å². The van der Waals surface area contributed by atoms with Gasteiger partial charge in [-0.25, -0.2) is 0 Å². The predicted molar refractivity (Wildman–Crippen MR) is 93.7 cm³/mol. The molecule has 0 saturated carbocycles. The molecule has 0 fully saturated rings. The van der Waals surface area contributed by atoms with Crippen molar-refractivity contribution in [3.8, 4) is 0 Å². The van der Waals surface area contributed by atoms with Crippen LogP contribution in [0.15, 0.2) is 29.4 Å². The van der Waals surface area contributed by atoms with Gasteiger partial charge in [0.15, 0.2) is 5.69 Å². The molecule has 2 heterocycles. The summed E-state index contributed by atoms with van der Waals surface area (Å²) in [7, 11) is 0.986. The number of nitrogens with zero attached hydrogens (tertiary/aromatic N) is 3. The van der Waals surface area contributed by atoms with Crippen molar-refractivity contribution in [2.45, 2.75) is 44.6 Å². The monoisotopic (exact) mass is 433 g/mol. The number of benzene rings is 1. The first kappa shape index (κ1) is 21.8. The van der Waals surface area contributed by atoms with E-state index in [0.717, 1.165) is 7.05 Å². The van der Waals surface area contributed by atoms with Gasteiger partial charge >= 0.3 is 12.4 Å². The fourth-order valence-electron chi connectivity index (χ4n) is 3.35. The number of carbonyl (C=O) groups excluding carboxylic acids is 1. The lowest BCUT2D eigenvalue weighted by Crippen LogP contribution is -2.44. The molecule has 1 aliphatic heterocycles. The first-order valence-corrected chi connectivity index (χ1v) is 8.77. The van der Waals surface area contributed by atoms with Crippen LogP contribution in [0.4, 0.5) is 26.3 Å². The number of oxime groups is 1. The van der Waals surface area contributed by atoms with Gasteiger partial charge < -0.3 is 4.84 Å². The largest absolute Gasteiger partial charge is 0.437 e. The molecule has 5 nitrogen and oxygen atoms in total. The van der Waals surface area contributed by atoms with Gasteiger partial charge in [-0.2, -0.15) is 31.4 Å². The number of carbonyl (C=O) groups is 1. The molecule has 0 spiro atoms. The summed E-state index contributed by atoms with van der Waals surface area (Å²) in [5, 5.41) is 6.72. The lowest BCUT2D eigenvalue weighted by molar-refractivity contribution is -0.278. The smallest absolute Gasteiger partial charge is 0.372 e. The third-order valence-electron chi connectivity index (χ3n) is 4.89. The molecule has 0 radical (unpaired) electrons. The van der Waals surface area contributed by atoms with Crippen LogP contribution in [-0.4, -0.2) is 27.5 Å². The summed E-state index contributed by atoms with van der Waals surface area (Å²) in [6.45, 7) is 3.12. The average Bonchev–Trinajstić information content (AvgIpc) is 3.20. The van der Waals surface area contributed by atoms with Crippen LogP contribution >= 0.6 is 0 Å². The standard InChI is InChI=1S/C19H17F6N3O2/c1-10-6-13(5-4-12(10)7-11(2)29)14-9-17(30-27-14,19(23,24)25)16-8-15(18(20,21)22)26-28(16)3/h4-6,8H,7,9H2,1-3H3. The fourth-order valence-corrected chi connectivity index (χ4v) is 3.35. The number of rotatable bonds is 4. The maximum Gasteiger partial charge on any atom is 0.437 e. The van der Waals surface area contributed by atoms with Crippen molar-refractivity contribution in [1.29, 1.82) is 0 Å². The van der Waals surface area contributed by atoms with E-state index >= 15 is 0 Å². The SMILES string of the molecule is CC(=O)Cc1ccc(C2=NOC(c3cc(C(F)(F)F)nn3C)(C(F)(F)F)C2)cc1C. The van der Waals surface area contributed by atoms with Crippen molar-refractivity contribution >= 4 is 11.5 Å². The van der Waals surface area contributed by atoms with Crippen molar-refractivity contribution < 1.29 is 36.0 Å². The number of halogens is 6. The van der Waals surface area contributed by atoms with Crippen LogP contribution in [0.25, 0.3) is 0 Å². The van der Waals surface area contributed by atoms with E-state index in [-0.39, 0.29) is 17.9 Å². The van der Waals surface area contributed by atoms with Gasteiger partial charge in [-0.3, -0.25) is 9.48 Å². The van der Waals surface area contributed by atoms with E-state index in [4.69, 9.17) is 4.84 Å². The quantitative estimate of drug-likeness (QED) is 0.669. The highest BCUT2D eigenvalue weighted by atomic mass is 19.4. The van der Waals surface area contributed by atoms with Crippen molar-refractivity contribution in [1.82, 2.24) is 9.78 Å². The third kappa shape index (κ3) is 3.80. The van der Waals surface area contributed by atoms with E-state index in [1.54, 1.807) is 19.1 Å². The van der Waals surface area contributed by atoms with Gasteiger partial charge in [0.1, 0.15) is 5.78 Å². The molecule has 0 N–H and O–H groups in total. The Morgan fingerprint density at radius 3 is 2.37 bits per heavy atom. The minimum Gasteiger partial charge on any atom is -0.372 e. The van der Waals surface area contributed by atoms with E-state index in [1.807, 2.05) is 0 Å². The highest BCUT2D eigenvalue weighted by Gasteiger charge is 2.64. The molecule has 1 atom stereocenters. The van der Waals surface area contributed by atoms with E-state index in [0.29, 0.717) is 27.4 Å². The average molecular weight is 433 g/mol. The Morgan fingerprint density at radius 1 is 1.20 bits per heavy atom. The molecule has 30 heavy (non-hydrogen) atoms. The molecule has 1 aliphatic rings. The van der Waals surface area contributed by atoms with Gasteiger partial charge in [0.2, 0.25) is 0 Å². The molecule has 1 unspecified atom stereocenters. The zero-order valence-electron chi connectivity index (χ0n) is 16.1. The summed E-state index contributed by atoms with van der Waals surface area (Å²) in [6.07, 6.45) is -10.6. The topological polar surface area (TPSA) is 56.5 Å². The van der Waals surface area contributed by atoms with E-state index < -0.39 is 35.8 Å². The number of hydrogen-bond acceptors (Lipinski definition) is 4. The van der Waals surface area contributed by atoms with Crippen LogP contribution in [0.5, 0.6) is 0 Å². The summed E-state index contributed by atoms with van der Waals surface area (Å²) in [5.41, 5.74) is -3.71. The second-order valence-corrected chi connectivity index (χ2v) is 7.19. The maximum absolute atomic E-state index is 14.0. The number of aromatic nitrogens is 2. The van der Waals surface area contributed by atoms with Gasteiger partial charge in [0, 0.05) is 13.5 Å². The van der Waals surface area contributed by atoms with Crippen LogP contribution in [0.2, 0.25) is 0 Å². The normalized spacial score (nSPS) is 19.6. The Morgan fingerprint density at radius 2 is 1.87 bits per heavy atom. The van der Waals surface area contributed by atoms with Crippen molar-refractivity contribution in [3.05, 3.63) is 52.3 Å². The third-order valence-corrected chi connectivity index (χ3v) is 4.89. The lowest BCUT2D eigenvalue weighted by atomic mass is 9.89. The zero-order valence-corrected chi connectivity index (χ0v) is 16.1. The minimum absolute atomic E-state index is 0.0693. The molecule has 2 aromatic rings. The van der Waals surface area contributed by atoms with Crippen LogP contribution in [0.1, 0.15) is 41.4 Å².